The first-order valence-corrected chi connectivity index (χ1v) is 12.5. The standard InChI is InChI=1S/C24H23N5O3S2/c1-15-7-8-18-19(11-15)34-24(27-18)29-22(32)14-33-23-26-17(13-21(31)28-23)12-20(30)25-10-9-16-5-3-2-4-6-16/h2-8,11,13H,9-10,12,14H2,1H3,(H,25,30)(H,26,28,31)(H,27,29,32). The molecule has 10 heteroatoms. The molecule has 2 heterocycles. The first-order valence-electron chi connectivity index (χ1n) is 10.7. The molecule has 8 nitrogen and oxygen atoms in total. The van der Waals surface area contributed by atoms with Gasteiger partial charge in [-0.2, -0.15) is 0 Å². The van der Waals surface area contributed by atoms with Gasteiger partial charge in [0.05, 0.1) is 28.1 Å². The summed E-state index contributed by atoms with van der Waals surface area (Å²) in [7, 11) is 0. The number of aryl methyl sites for hydroxylation is 1. The average Bonchev–Trinajstić information content (AvgIpc) is 3.19. The topological polar surface area (TPSA) is 117 Å². The summed E-state index contributed by atoms with van der Waals surface area (Å²) in [6.07, 6.45) is 0.712. The van der Waals surface area contributed by atoms with Crippen molar-refractivity contribution >= 4 is 50.3 Å². The van der Waals surface area contributed by atoms with E-state index < -0.39 is 0 Å². The van der Waals surface area contributed by atoms with Crippen molar-refractivity contribution < 1.29 is 9.59 Å². The highest BCUT2D eigenvalue weighted by atomic mass is 32.2. The second-order valence-corrected chi connectivity index (χ2v) is 9.63. The van der Waals surface area contributed by atoms with Gasteiger partial charge in [0.15, 0.2) is 10.3 Å². The second-order valence-electron chi connectivity index (χ2n) is 7.63. The molecule has 0 radical (unpaired) electrons. The van der Waals surface area contributed by atoms with Crippen LogP contribution in [0, 0.1) is 6.92 Å². The Balaban J connectivity index is 1.28. The van der Waals surface area contributed by atoms with Gasteiger partial charge < -0.3 is 15.6 Å². The summed E-state index contributed by atoms with van der Waals surface area (Å²) < 4.78 is 1.00. The number of carbonyl (C=O) groups excluding carboxylic acids is 2. The van der Waals surface area contributed by atoms with Crippen LogP contribution in [0.25, 0.3) is 10.2 Å². The van der Waals surface area contributed by atoms with Crippen LogP contribution in [0.1, 0.15) is 16.8 Å². The highest BCUT2D eigenvalue weighted by Gasteiger charge is 2.12. The number of fused-ring (bicyclic) bond motifs is 1. The number of hydrogen-bond acceptors (Lipinski definition) is 7. The number of amides is 2. The van der Waals surface area contributed by atoms with Crippen molar-refractivity contribution in [3.8, 4) is 0 Å². The molecule has 0 saturated carbocycles. The molecule has 34 heavy (non-hydrogen) atoms. The summed E-state index contributed by atoms with van der Waals surface area (Å²) in [4.78, 5) is 48.0. The Hall–Kier alpha value is -3.50. The molecule has 3 N–H and O–H groups in total. The van der Waals surface area contributed by atoms with Crippen LogP contribution < -0.4 is 16.2 Å². The predicted molar refractivity (Wildman–Crippen MR) is 135 cm³/mol. The van der Waals surface area contributed by atoms with Crippen LogP contribution in [0.15, 0.2) is 64.5 Å². The third kappa shape index (κ3) is 6.75. The van der Waals surface area contributed by atoms with Crippen LogP contribution in [0.5, 0.6) is 0 Å². The first kappa shape index (κ1) is 23.7. The van der Waals surface area contributed by atoms with E-state index in [1.807, 2.05) is 55.5 Å². The van der Waals surface area contributed by atoms with Crippen molar-refractivity contribution in [1.82, 2.24) is 20.3 Å². The zero-order valence-corrected chi connectivity index (χ0v) is 20.1. The van der Waals surface area contributed by atoms with Crippen molar-refractivity contribution in [2.75, 3.05) is 17.6 Å². The summed E-state index contributed by atoms with van der Waals surface area (Å²) in [5, 5.41) is 6.43. The molecule has 2 amide bonds. The number of rotatable bonds is 9. The number of nitrogens with zero attached hydrogens (tertiary/aromatic N) is 2. The average molecular weight is 494 g/mol. The lowest BCUT2D eigenvalue weighted by atomic mass is 10.1. The molecule has 2 aromatic carbocycles. The van der Waals surface area contributed by atoms with Crippen LogP contribution in [0.3, 0.4) is 0 Å². The number of aromatic amines is 1. The maximum atomic E-state index is 12.4. The molecule has 2 aromatic heterocycles. The van der Waals surface area contributed by atoms with Crippen molar-refractivity contribution in [1.29, 1.82) is 0 Å². The molecule has 0 aliphatic rings. The van der Waals surface area contributed by atoms with Crippen LogP contribution in [-0.2, 0) is 22.4 Å². The van der Waals surface area contributed by atoms with E-state index in [-0.39, 0.29) is 34.7 Å². The molecule has 0 spiro atoms. The summed E-state index contributed by atoms with van der Waals surface area (Å²) in [5.74, 6) is -0.425. The van der Waals surface area contributed by atoms with E-state index in [9.17, 15) is 14.4 Å². The van der Waals surface area contributed by atoms with Crippen LogP contribution in [0.4, 0.5) is 5.13 Å². The number of thiazole rings is 1. The molecule has 0 saturated heterocycles. The quantitative estimate of drug-likeness (QED) is 0.243. The van der Waals surface area contributed by atoms with Gasteiger partial charge in [-0.05, 0) is 36.6 Å². The maximum absolute atomic E-state index is 12.4. The molecular weight excluding hydrogens is 470 g/mol. The van der Waals surface area contributed by atoms with Gasteiger partial charge >= 0.3 is 0 Å². The molecular formula is C24H23N5O3S2. The van der Waals surface area contributed by atoms with Crippen molar-refractivity contribution in [2.45, 2.75) is 24.9 Å². The molecule has 174 valence electrons. The summed E-state index contributed by atoms with van der Waals surface area (Å²) in [6.45, 7) is 2.50. The zero-order valence-electron chi connectivity index (χ0n) is 18.5. The number of aromatic nitrogens is 3. The summed E-state index contributed by atoms with van der Waals surface area (Å²) in [6, 6.07) is 17.1. The van der Waals surface area contributed by atoms with Gasteiger partial charge in [-0.1, -0.05) is 59.5 Å². The molecule has 0 aliphatic heterocycles. The molecule has 4 aromatic rings. The van der Waals surface area contributed by atoms with Gasteiger partial charge in [-0.15, -0.1) is 0 Å². The Labute approximate surface area is 204 Å². The van der Waals surface area contributed by atoms with E-state index in [4.69, 9.17) is 0 Å². The van der Waals surface area contributed by atoms with Crippen LogP contribution >= 0.6 is 23.1 Å². The molecule has 0 bridgehead atoms. The number of hydrogen-bond donors (Lipinski definition) is 3. The highest BCUT2D eigenvalue weighted by molar-refractivity contribution is 7.99. The fraction of sp³-hybridized carbons (Fsp3) is 0.208. The minimum absolute atomic E-state index is 0.0103. The largest absolute Gasteiger partial charge is 0.355 e. The number of nitrogens with one attached hydrogen (secondary N) is 3. The number of thioether (sulfide) groups is 1. The van der Waals surface area contributed by atoms with E-state index in [1.165, 1.54) is 17.4 Å². The minimum Gasteiger partial charge on any atom is -0.355 e. The Morgan fingerprint density at radius 2 is 1.88 bits per heavy atom. The lowest BCUT2D eigenvalue weighted by Crippen LogP contribution is -2.28. The van der Waals surface area contributed by atoms with Gasteiger partial charge in [-0.25, -0.2) is 9.97 Å². The number of H-pyrrole nitrogens is 1. The van der Waals surface area contributed by atoms with E-state index in [2.05, 4.69) is 25.6 Å². The third-order valence-corrected chi connectivity index (χ3v) is 6.63. The van der Waals surface area contributed by atoms with Crippen LogP contribution in [-0.4, -0.2) is 39.1 Å². The van der Waals surface area contributed by atoms with E-state index in [0.29, 0.717) is 17.4 Å². The van der Waals surface area contributed by atoms with Gasteiger partial charge in [-0.3, -0.25) is 14.4 Å². The zero-order chi connectivity index (χ0) is 23.9. The summed E-state index contributed by atoms with van der Waals surface area (Å²) >= 11 is 2.50. The van der Waals surface area contributed by atoms with E-state index in [0.717, 1.165) is 39.5 Å². The van der Waals surface area contributed by atoms with E-state index >= 15 is 0 Å². The van der Waals surface area contributed by atoms with Gasteiger partial charge in [0.2, 0.25) is 11.8 Å². The van der Waals surface area contributed by atoms with Crippen LogP contribution in [0.2, 0.25) is 0 Å². The predicted octanol–water partition coefficient (Wildman–Crippen LogP) is 3.32. The lowest BCUT2D eigenvalue weighted by Gasteiger charge is -2.06. The first-order chi connectivity index (χ1) is 16.4. The Morgan fingerprint density at radius 1 is 1.06 bits per heavy atom. The highest BCUT2D eigenvalue weighted by Crippen LogP contribution is 2.26. The van der Waals surface area contributed by atoms with Gasteiger partial charge in [0.1, 0.15) is 0 Å². The van der Waals surface area contributed by atoms with Crippen molar-refractivity contribution in [2.24, 2.45) is 0 Å². The summed E-state index contributed by atoms with van der Waals surface area (Å²) in [5.41, 5.74) is 3.08. The van der Waals surface area contributed by atoms with Crippen molar-refractivity contribution in [3.05, 3.63) is 81.8 Å². The molecule has 0 atom stereocenters. The van der Waals surface area contributed by atoms with Gasteiger partial charge in [0.25, 0.3) is 5.56 Å². The fourth-order valence-corrected chi connectivity index (χ4v) is 4.91. The Morgan fingerprint density at radius 3 is 2.71 bits per heavy atom. The SMILES string of the molecule is Cc1ccc2nc(NC(=O)CSc3nc(CC(=O)NCCc4ccccc4)cc(=O)[nH]3)sc2c1. The minimum atomic E-state index is -0.369. The molecule has 4 rings (SSSR count). The fourth-order valence-electron chi connectivity index (χ4n) is 3.23. The Kier molecular flexibility index (Phi) is 7.71. The number of carbonyl (C=O) groups is 2. The number of anilines is 1. The monoisotopic (exact) mass is 493 g/mol. The smallest absolute Gasteiger partial charge is 0.251 e. The van der Waals surface area contributed by atoms with Gasteiger partial charge in [0, 0.05) is 12.6 Å². The molecule has 0 fully saturated rings. The normalized spacial score (nSPS) is 10.9. The van der Waals surface area contributed by atoms with Crippen molar-refractivity contribution in [3.63, 3.8) is 0 Å². The Bertz CT molecular complexity index is 1370. The van der Waals surface area contributed by atoms with E-state index in [1.54, 1.807) is 0 Å². The lowest BCUT2D eigenvalue weighted by molar-refractivity contribution is -0.120. The molecule has 0 aliphatic carbocycles. The number of benzene rings is 2. The maximum Gasteiger partial charge on any atom is 0.251 e. The third-order valence-electron chi connectivity index (χ3n) is 4.82. The second kappa shape index (κ2) is 11.1. The molecule has 0 unspecified atom stereocenters.